The lowest BCUT2D eigenvalue weighted by Crippen LogP contribution is -2.43. The highest BCUT2D eigenvalue weighted by Crippen LogP contribution is 2.58. The summed E-state index contributed by atoms with van der Waals surface area (Å²) in [5, 5.41) is 0. The molecule has 5 unspecified atom stereocenters. The van der Waals surface area contributed by atoms with Gasteiger partial charge >= 0.3 is 0 Å². The van der Waals surface area contributed by atoms with Crippen molar-refractivity contribution in [2.24, 2.45) is 23.7 Å². The highest BCUT2D eigenvalue weighted by atomic mass is 16.5. The minimum atomic E-state index is 0.189. The van der Waals surface area contributed by atoms with Crippen LogP contribution in [0, 0.1) is 23.7 Å². The molecule has 1 saturated carbocycles. The van der Waals surface area contributed by atoms with E-state index in [1.54, 1.807) is 0 Å². The van der Waals surface area contributed by atoms with Crippen LogP contribution in [-0.2, 0) is 4.74 Å². The Morgan fingerprint density at radius 3 is 2.88 bits per heavy atom. The minimum absolute atomic E-state index is 0.189. The Hall–Kier alpha value is -0.300. The highest BCUT2D eigenvalue weighted by molar-refractivity contribution is 5.22. The molecule has 5 atom stereocenters. The maximum Gasteiger partial charge on any atom is 0.0824 e. The Labute approximate surface area is 99.3 Å². The van der Waals surface area contributed by atoms with Crippen molar-refractivity contribution in [1.29, 1.82) is 0 Å². The fourth-order valence-electron chi connectivity index (χ4n) is 4.50. The van der Waals surface area contributed by atoms with E-state index < -0.39 is 0 Å². The Balaban J connectivity index is 1.99. The molecule has 3 rings (SSSR count). The van der Waals surface area contributed by atoms with Gasteiger partial charge in [0.15, 0.2) is 0 Å². The molecule has 0 radical (unpaired) electrons. The fraction of sp³-hybridized carbons (Fsp3) is 0.867. The van der Waals surface area contributed by atoms with E-state index in [2.05, 4.69) is 33.8 Å². The lowest BCUT2D eigenvalue weighted by Gasteiger charge is -2.43. The molecule has 16 heavy (non-hydrogen) atoms. The zero-order valence-electron chi connectivity index (χ0n) is 11.0. The molecular formula is C15H24O. The first-order valence-corrected chi connectivity index (χ1v) is 6.87. The summed E-state index contributed by atoms with van der Waals surface area (Å²) < 4.78 is 6.42. The van der Waals surface area contributed by atoms with E-state index in [1.165, 1.54) is 24.8 Å². The van der Waals surface area contributed by atoms with Crippen LogP contribution in [0.3, 0.4) is 0 Å². The van der Waals surface area contributed by atoms with Crippen molar-refractivity contribution in [2.75, 3.05) is 0 Å². The fourth-order valence-corrected chi connectivity index (χ4v) is 4.50. The summed E-state index contributed by atoms with van der Waals surface area (Å²) in [7, 11) is 0. The Kier molecular flexibility index (Phi) is 2.27. The van der Waals surface area contributed by atoms with Crippen molar-refractivity contribution in [2.45, 2.75) is 58.7 Å². The quantitative estimate of drug-likeness (QED) is 0.611. The van der Waals surface area contributed by atoms with E-state index in [4.69, 9.17) is 4.74 Å². The van der Waals surface area contributed by atoms with Crippen molar-refractivity contribution in [3.8, 4) is 0 Å². The van der Waals surface area contributed by atoms with Gasteiger partial charge in [0.1, 0.15) is 0 Å². The van der Waals surface area contributed by atoms with Gasteiger partial charge in [-0.15, -0.1) is 0 Å². The Morgan fingerprint density at radius 2 is 2.19 bits per heavy atom. The predicted octanol–water partition coefficient (Wildman–Crippen LogP) is 3.79. The summed E-state index contributed by atoms with van der Waals surface area (Å²) >= 11 is 0. The molecule has 2 aliphatic carbocycles. The van der Waals surface area contributed by atoms with E-state index in [9.17, 15) is 0 Å². The average Bonchev–Trinajstić information content (AvgIpc) is 2.33. The zero-order chi connectivity index (χ0) is 11.5. The summed E-state index contributed by atoms with van der Waals surface area (Å²) in [6.07, 6.45) is 6.78. The predicted molar refractivity (Wildman–Crippen MR) is 66.2 cm³/mol. The normalized spacial score (nSPS) is 50.7. The number of hydrogen-bond donors (Lipinski definition) is 0. The first-order valence-electron chi connectivity index (χ1n) is 6.87. The molecule has 90 valence electrons. The van der Waals surface area contributed by atoms with Crippen molar-refractivity contribution in [3.05, 3.63) is 11.6 Å². The van der Waals surface area contributed by atoms with E-state index in [0.29, 0.717) is 6.10 Å². The van der Waals surface area contributed by atoms with Gasteiger partial charge in [-0.3, -0.25) is 0 Å². The molecule has 0 aromatic heterocycles. The van der Waals surface area contributed by atoms with Gasteiger partial charge in [-0.1, -0.05) is 19.9 Å². The third-order valence-corrected chi connectivity index (χ3v) is 5.46. The average molecular weight is 220 g/mol. The molecule has 1 heteroatoms. The summed E-state index contributed by atoms with van der Waals surface area (Å²) in [5.41, 5.74) is 1.69. The maximum absolute atomic E-state index is 6.42. The Bertz CT molecular complexity index is 330. The smallest absolute Gasteiger partial charge is 0.0824 e. The second kappa shape index (κ2) is 3.35. The topological polar surface area (TPSA) is 9.23 Å². The van der Waals surface area contributed by atoms with Gasteiger partial charge in [0.25, 0.3) is 0 Å². The van der Waals surface area contributed by atoms with Crippen LogP contribution in [0.15, 0.2) is 11.6 Å². The largest absolute Gasteiger partial charge is 0.367 e. The standard InChI is InChI=1S/C15H24O/c1-9(2)11-7-8-15(4)12-6-5-10(3)14(16-15)13(11)12/h5,9,11-14H,6-8H2,1-4H3. The maximum atomic E-state index is 6.42. The lowest BCUT2D eigenvalue weighted by molar-refractivity contribution is -0.0365. The molecule has 1 saturated heterocycles. The summed E-state index contributed by atoms with van der Waals surface area (Å²) in [6, 6.07) is 0. The monoisotopic (exact) mass is 220 g/mol. The van der Waals surface area contributed by atoms with Crippen molar-refractivity contribution >= 4 is 0 Å². The number of rotatable bonds is 1. The van der Waals surface area contributed by atoms with Gasteiger partial charge in [-0.05, 0) is 62.4 Å². The second-order valence-electron chi connectivity index (χ2n) is 6.67. The van der Waals surface area contributed by atoms with Gasteiger partial charge in [0.05, 0.1) is 11.7 Å². The third-order valence-electron chi connectivity index (χ3n) is 5.46. The number of allylic oxidation sites excluding steroid dienone is 1. The molecule has 0 amide bonds. The number of hydrogen-bond acceptors (Lipinski definition) is 1. The van der Waals surface area contributed by atoms with Gasteiger partial charge in [0.2, 0.25) is 0 Å². The molecule has 1 aliphatic heterocycles. The molecule has 3 aliphatic rings. The van der Waals surface area contributed by atoms with E-state index in [-0.39, 0.29) is 5.60 Å². The lowest BCUT2D eigenvalue weighted by atomic mass is 9.59. The first-order chi connectivity index (χ1) is 7.53. The summed E-state index contributed by atoms with van der Waals surface area (Å²) in [6.45, 7) is 9.40. The zero-order valence-corrected chi connectivity index (χ0v) is 11.0. The molecular weight excluding hydrogens is 196 g/mol. The van der Waals surface area contributed by atoms with Gasteiger partial charge in [0, 0.05) is 0 Å². The van der Waals surface area contributed by atoms with Crippen molar-refractivity contribution < 1.29 is 4.74 Å². The molecule has 0 N–H and O–H groups in total. The van der Waals surface area contributed by atoms with Gasteiger partial charge < -0.3 is 4.74 Å². The molecule has 1 heterocycles. The molecule has 0 spiro atoms. The summed E-state index contributed by atoms with van der Waals surface area (Å²) in [4.78, 5) is 0. The first kappa shape index (κ1) is 10.8. The van der Waals surface area contributed by atoms with Gasteiger partial charge in [-0.2, -0.15) is 0 Å². The van der Waals surface area contributed by atoms with Crippen LogP contribution in [0.5, 0.6) is 0 Å². The molecule has 1 nitrogen and oxygen atoms in total. The molecule has 2 fully saturated rings. The van der Waals surface area contributed by atoms with Crippen LogP contribution in [-0.4, -0.2) is 11.7 Å². The highest BCUT2D eigenvalue weighted by Gasteiger charge is 2.58. The van der Waals surface area contributed by atoms with Crippen molar-refractivity contribution in [3.63, 3.8) is 0 Å². The van der Waals surface area contributed by atoms with Crippen LogP contribution in [0.1, 0.15) is 47.0 Å². The molecule has 4 bridgehead atoms. The summed E-state index contributed by atoms with van der Waals surface area (Å²) in [5.74, 6) is 3.30. The minimum Gasteiger partial charge on any atom is -0.367 e. The molecule has 0 aromatic rings. The van der Waals surface area contributed by atoms with E-state index in [1.807, 2.05) is 0 Å². The van der Waals surface area contributed by atoms with Gasteiger partial charge in [-0.25, -0.2) is 0 Å². The second-order valence-corrected chi connectivity index (χ2v) is 6.67. The van der Waals surface area contributed by atoms with Crippen LogP contribution < -0.4 is 0 Å². The van der Waals surface area contributed by atoms with E-state index in [0.717, 1.165) is 23.7 Å². The van der Waals surface area contributed by atoms with Crippen LogP contribution in [0.4, 0.5) is 0 Å². The SMILES string of the molecule is CC1=CCC2C3C1OC2(C)CCC3C(C)C. The van der Waals surface area contributed by atoms with Crippen LogP contribution in [0.2, 0.25) is 0 Å². The van der Waals surface area contributed by atoms with Crippen molar-refractivity contribution in [1.82, 2.24) is 0 Å². The van der Waals surface area contributed by atoms with Crippen LogP contribution >= 0.6 is 0 Å². The van der Waals surface area contributed by atoms with Crippen LogP contribution in [0.25, 0.3) is 0 Å². The third kappa shape index (κ3) is 1.27. The molecule has 0 aromatic carbocycles. The number of ether oxygens (including phenoxy) is 1. The van der Waals surface area contributed by atoms with E-state index >= 15 is 0 Å². The Morgan fingerprint density at radius 1 is 1.44 bits per heavy atom.